The lowest BCUT2D eigenvalue weighted by Crippen LogP contribution is -1.81. The van der Waals surface area contributed by atoms with E-state index in [4.69, 9.17) is 0 Å². The minimum atomic E-state index is 1.14. The highest BCUT2D eigenvalue weighted by Gasteiger charge is 1.88. The maximum atomic E-state index is 4.50. The Balaban J connectivity index is 0.000000561. The summed E-state index contributed by atoms with van der Waals surface area (Å²) in [5.74, 6) is 0. The van der Waals surface area contributed by atoms with Crippen molar-refractivity contribution in [3.63, 3.8) is 0 Å². The number of nitrogens with two attached hydrogens (primary N) is 1. The summed E-state index contributed by atoms with van der Waals surface area (Å²) in [7, 11) is 1.50. The van der Waals surface area contributed by atoms with E-state index in [0.29, 0.717) is 0 Å². The minimum Gasteiger partial charge on any atom is -0.376 e. The van der Waals surface area contributed by atoms with Gasteiger partial charge in [-0.3, -0.25) is 0 Å². The second kappa shape index (κ2) is 6.92. The van der Waals surface area contributed by atoms with Crippen molar-refractivity contribution in [1.29, 1.82) is 0 Å². The van der Waals surface area contributed by atoms with Gasteiger partial charge in [0.1, 0.15) is 0 Å². The van der Waals surface area contributed by atoms with Crippen molar-refractivity contribution >= 4 is 7.98 Å². The third-order valence-corrected chi connectivity index (χ3v) is 1.84. The highest BCUT2D eigenvalue weighted by atomic mass is 14.3. The molecule has 1 nitrogen and oxygen atoms in total. The van der Waals surface area contributed by atoms with Crippen LogP contribution in [0.5, 0.6) is 0 Å². The molecule has 0 bridgehead atoms. The molecule has 0 spiro atoms. The predicted octanol–water partition coefficient (Wildman–Crippen LogP) is 1.30. The first-order valence-electron chi connectivity index (χ1n) is 4.52. The molecule has 0 aliphatic heterocycles. The summed E-state index contributed by atoms with van der Waals surface area (Å²) in [5, 5.41) is 0. The third-order valence-electron chi connectivity index (χ3n) is 1.84. The van der Waals surface area contributed by atoms with Gasteiger partial charge in [0.25, 0.3) is 0 Å². The molecule has 1 aromatic rings. The molecule has 1 aromatic carbocycles. The van der Waals surface area contributed by atoms with Gasteiger partial charge in [0.05, 0.1) is 0 Å². The Labute approximate surface area is 76.4 Å². The summed E-state index contributed by atoms with van der Waals surface area (Å²) in [6, 6.07) is 8.83. The molecule has 12 heavy (non-hydrogen) atoms. The van der Waals surface area contributed by atoms with Crippen LogP contribution in [0.1, 0.15) is 25.0 Å². The van der Waals surface area contributed by atoms with Crippen molar-refractivity contribution in [3.8, 4) is 0 Å². The van der Waals surface area contributed by atoms with Crippen LogP contribution in [0.25, 0.3) is 0 Å². The Bertz CT molecular complexity index is 170. The summed E-state index contributed by atoms with van der Waals surface area (Å²) in [4.78, 5) is 0. The Kier molecular flexibility index (Phi) is 6.49. The lowest BCUT2D eigenvalue weighted by atomic mass is 10.1. The average Bonchev–Trinajstić information content (AvgIpc) is 2.21. The van der Waals surface area contributed by atoms with Gasteiger partial charge in [-0.1, -0.05) is 38.1 Å². The first-order chi connectivity index (χ1) is 5.86. The van der Waals surface area contributed by atoms with Crippen LogP contribution in [-0.2, 0) is 12.8 Å². The average molecular weight is 163 g/mol. The van der Waals surface area contributed by atoms with Crippen molar-refractivity contribution in [2.75, 3.05) is 0 Å². The molecule has 66 valence electrons. The zero-order valence-corrected chi connectivity index (χ0v) is 8.30. The normalized spacial score (nSPS) is 8.58. The maximum absolute atomic E-state index is 4.50. The molecule has 0 fully saturated rings. The Morgan fingerprint density at radius 2 is 1.17 bits per heavy atom. The van der Waals surface area contributed by atoms with Crippen molar-refractivity contribution < 1.29 is 0 Å². The highest BCUT2D eigenvalue weighted by Crippen LogP contribution is 2.04. The first-order valence-corrected chi connectivity index (χ1v) is 4.52. The zero-order chi connectivity index (χ0) is 9.40. The predicted molar refractivity (Wildman–Crippen MR) is 57.9 cm³/mol. The van der Waals surface area contributed by atoms with Crippen molar-refractivity contribution in [1.82, 2.24) is 0 Å². The van der Waals surface area contributed by atoms with Gasteiger partial charge in [0.2, 0.25) is 0 Å². The fraction of sp³-hybridized carbons (Fsp3) is 0.400. The monoisotopic (exact) mass is 163 g/mol. The summed E-state index contributed by atoms with van der Waals surface area (Å²) in [5.41, 5.74) is 7.36. The number of aryl methyl sites for hydroxylation is 2. The van der Waals surface area contributed by atoms with Crippen LogP contribution >= 0.6 is 0 Å². The van der Waals surface area contributed by atoms with Gasteiger partial charge in [-0.2, -0.15) is 0 Å². The quantitative estimate of drug-likeness (QED) is 0.653. The molecule has 0 aliphatic carbocycles. The van der Waals surface area contributed by atoms with E-state index in [9.17, 15) is 0 Å². The van der Waals surface area contributed by atoms with Gasteiger partial charge in [-0.25, -0.2) is 0 Å². The van der Waals surface area contributed by atoms with Crippen LogP contribution < -0.4 is 5.64 Å². The number of rotatable bonds is 2. The van der Waals surface area contributed by atoms with Crippen LogP contribution in [0.15, 0.2) is 24.3 Å². The third kappa shape index (κ3) is 3.58. The van der Waals surface area contributed by atoms with E-state index in [2.05, 4.69) is 43.8 Å². The van der Waals surface area contributed by atoms with Gasteiger partial charge >= 0.3 is 0 Å². The molecule has 2 N–H and O–H groups in total. The highest BCUT2D eigenvalue weighted by molar-refractivity contribution is 6.02. The van der Waals surface area contributed by atoms with E-state index < -0.39 is 0 Å². The molecule has 0 atom stereocenters. The zero-order valence-electron chi connectivity index (χ0n) is 8.30. The number of hydrogen-bond acceptors (Lipinski definition) is 1. The molecule has 0 aliphatic rings. The van der Waals surface area contributed by atoms with E-state index >= 15 is 0 Å². The fourth-order valence-electron chi connectivity index (χ4n) is 1.01. The van der Waals surface area contributed by atoms with Gasteiger partial charge in [0, 0.05) is 0 Å². The molecular formula is C10H18BN. The molecule has 1 rings (SSSR count). The van der Waals surface area contributed by atoms with E-state index in [1.54, 1.807) is 0 Å². The standard InChI is InChI=1S/C10H14.BH4N/c1-3-9-5-7-10(4-2)8-6-9;1-2/h5-8H,3-4H2,1-2H3;1-2H2. The van der Waals surface area contributed by atoms with Crippen LogP contribution in [-0.4, -0.2) is 7.98 Å². The van der Waals surface area contributed by atoms with Crippen molar-refractivity contribution in [2.45, 2.75) is 26.7 Å². The molecule has 0 radical (unpaired) electrons. The fourth-order valence-corrected chi connectivity index (χ4v) is 1.01. The second-order valence-corrected chi connectivity index (χ2v) is 2.52. The van der Waals surface area contributed by atoms with Gasteiger partial charge in [-0.15, -0.1) is 0 Å². The topological polar surface area (TPSA) is 26.0 Å². The minimum absolute atomic E-state index is 1.14. The van der Waals surface area contributed by atoms with Crippen LogP contribution in [0.2, 0.25) is 0 Å². The largest absolute Gasteiger partial charge is 0.376 e. The first kappa shape index (κ1) is 11.2. The summed E-state index contributed by atoms with van der Waals surface area (Å²) in [6.07, 6.45) is 2.29. The Morgan fingerprint density at radius 3 is 1.33 bits per heavy atom. The van der Waals surface area contributed by atoms with E-state index in [0.717, 1.165) is 12.8 Å². The summed E-state index contributed by atoms with van der Waals surface area (Å²) < 4.78 is 0. The molecule has 0 amide bonds. The Hall–Kier alpha value is -0.755. The number of benzene rings is 1. The second-order valence-electron chi connectivity index (χ2n) is 2.52. The molecule has 0 saturated carbocycles. The molecule has 0 aromatic heterocycles. The number of hydrogen-bond donors (Lipinski definition) is 1. The van der Waals surface area contributed by atoms with Crippen molar-refractivity contribution in [2.24, 2.45) is 5.64 Å². The van der Waals surface area contributed by atoms with E-state index in [-0.39, 0.29) is 0 Å². The SMILES string of the molecule is BN.CCc1ccc(CC)cc1. The Morgan fingerprint density at radius 1 is 0.917 bits per heavy atom. The summed E-state index contributed by atoms with van der Waals surface area (Å²) >= 11 is 0. The molecule has 0 heterocycles. The molecule has 0 saturated heterocycles. The maximum Gasteiger partial charge on any atom is 0.178 e. The van der Waals surface area contributed by atoms with Gasteiger partial charge < -0.3 is 5.64 Å². The van der Waals surface area contributed by atoms with Crippen LogP contribution in [0.4, 0.5) is 0 Å². The summed E-state index contributed by atoms with van der Waals surface area (Å²) in [6.45, 7) is 4.36. The van der Waals surface area contributed by atoms with Crippen LogP contribution in [0, 0.1) is 0 Å². The smallest absolute Gasteiger partial charge is 0.178 e. The van der Waals surface area contributed by atoms with E-state index in [1.807, 2.05) is 0 Å². The van der Waals surface area contributed by atoms with Crippen LogP contribution in [0.3, 0.4) is 0 Å². The molecule has 2 heteroatoms. The van der Waals surface area contributed by atoms with Crippen molar-refractivity contribution in [3.05, 3.63) is 35.4 Å². The molecule has 0 unspecified atom stereocenters. The lowest BCUT2D eigenvalue weighted by Gasteiger charge is -1.97. The van der Waals surface area contributed by atoms with E-state index in [1.165, 1.54) is 19.1 Å². The molecular weight excluding hydrogens is 145 g/mol. The van der Waals surface area contributed by atoms with Gasteiger partial charge in [-0.05, 0) is 24.0 Å². The van der Waals surface area contributed by atoms with Gasteiger partial charge in [0.15, 0.2) is 7.98 Å². The lowest BCUT2D eigenvalue weighted by molar-refractivity contribution is 1.10.